The van der Waals surface area contributed by atoms with Gasteiger partial charge in [0.05, 0.1) is 16.5 Å². The first-order valence-electron chi connectivity index (χ1n) is 16.3. The topological polar surface area (TPSA) is 104 Å². The number of amides is 1. The van der Waals surface area contributed by atoms with Gasteiger partial charge in [0.2, 0.25) is 5.91 Å². The molecule has 0 unspecified atom stereocenters. The summed E-state index contributed by atoms with van der Waals surface area (Å²) in [5.74, 6) is -3.41. The first-order valence-corrected chi connectivity index (χ1v) is 16.3. The summed E-state index contributed by atoms with van der Waals surface area (Å²) in [7, 11) is 0. The van der Waals surface area contributed by atoms with Crippen molar-refractivity contribution < 1.29 is 32.2 Å². The molecule has 2 aromatic heterocycles. The van der Waals surface area contributed by atoms with E-state index in [0.717, 1.165) is 44.8 Å². The summed E-state index contributed by atoms with van der Waals surface area (Å²) in [6, 6.07) is 3.48. The molecular formula is C36H34F4N6O3. The van der Waals surface area contributed by atoms with Gasteiger partial charge in [0.25, 0.3) is 5.92 Å². The number of aromatic nitrogens is 3. The summed E-state index contributed by atoms with van der Waals surface area (Å²) in [6.07, 6.45) is 11.4. The number of hydrogen-bond acceptors (Lipinski definition) is 8. The molecule has 3 aliphatic rings. The van der Waals surface area contributed by atoms with Crippen LogP contribution in [0.5, 0.6) is 11.8 Å². The van der Waals surface area contributed by atoms with Gasteiger partial charge < -0.3 is 20.1 Å². The molecule has 0 radical (unpaired) electrons. The molecule has 7 rings (SSSR count). The molecule has 3 fully saturated rings. The Bertz CT molecular complexity index is 2020. The zero-order valence-corrected chi connectivity index (χ0v) is 26.6. The third kappa shape index (κ3) is 5.77. The third-order valence-electron chi connectivity index (χ3n) is 10.0. The van der Waals surface area contributed by atoms with Crippen molar-refractivity contribution in [3.63, 3.8) is 0 Å². The summed E-state index contributed by atoms with van der Waals surface area (Å²) in [5, 5.41) is 13.5. The number of fused-ring (bicyclic) bond motifs is 3. The number of halogens is 4. The van der Waals surface area contributed by atoms with Crippen LogP contribution < -0.4 is 15.0 Å². The lowest BCUT2D eigenvalue weighted by molar-refractivity contribution is -0.121. The molecule has 3 aliphatic heterocycles. The van der Waals surface area contributed by atoms with E-state index in [1.807, 2.05) is 0 Å². The molecule has 5 heterocycles. The number of aromatic hydroxyl groups is 1. The summed E-state index contributed by atoms with van der Waals surface area (Å²) in [6.45, 7) is 5.31. The molecule has 1 atom stereocenters. The number of phenols is 1. The average molecular weight is 675 g/mol. The Morgan fingerprint density at radius 1 is 1.14 bits per heavy atom. The first-order chi connectivity index (χ1) is 23.5. The molecular weight excluding hydrogens is 640 g/mol. The number of anilines is 1. The maximum absolute atomic E-state index is 16.9. The van der Waals surface area contributed by atoms with Gasteiger partial charge in [-0.1, -0.05) is 18.6 Å². The van der Waals surface area contributed by atoms with Crippen LogP contribution in [0.2, 0.25) is 0 Å². The lowest BCUT2D eigenvalue weighted by Crippen LogP contribution is -2.52. The van der Waals surface area contributed by atoms with Gasteiger partial charge in [-0.15, -0.1) is 6.42 Å². The normalized spacial score (nSPS) is 20.1. The zero-order chi connectivity index (χ0) is 34.5. The number of carbonyl (C=O) groups is 1. The molecule has 0 aliphatic carbocycles. The molecule has 2 aromatic carbocycles. The van der Waals surface area contributed by atoms with Gasteiger partial charge in [-0.2, -0.15) is 9.97 Å². The van der Waals surface area contributed by atoms with Gasteiger partial charge >= 0.3 is 6.01 Å². The number of alkyl halides is 2. The van der Waals surface area contributed by atoms with Crippen LogP contribution in [0.25, 0.3) is 32.9 Å². The van der Waals surface area contributed by atoms with Crippen molar-refractivity contribution >= 4 is 33.4 Å². The Balaban J connectivity index is 1.38. The van der Waals surface area contributed by atoms with E-state index in [2.05, 4.69) is 37.7 Å². The van der Waals surface area contributed by atoms with E-state index in [-0.39, 0.29) is 82.3 Å². The van der Waals surface area contributed by atoms with E-state index in [9.17, 15) is 14.3 Å². The van der Waals surface area contributed by atoms with Gasteiger partial charge in [-0.3, -0.25) is 14.7 Å². The summed E-state index contributed by atoms with van der Waals surface area (Å²) in [4.78, 5) is 29.6. The number of rotatable bonds is 7. The van der Waals surface area contributed by atoms with Crippen LogP contribution >= 0.6 is 0 Å². The summed E-state index contributed by atoms with van der Waals surface area (Å²) >= 11 is 0. The van der Waals surface area contributed by atoms with Crippen LogP contribution in [0.1, 0.15) is 44.1 Å². The minimum atomic E-state index is -3.24. The summed E-state index contributed by atoms with van der Waals surface area (Å²) in [5.41, 5.74) is -0.758. The number of nitrogens with one attached hydrogen (secondary N) is 1. The number of carbonyl (C=O) groups excluding carboxylic acids is 1. The summed E-state index contributed by atoms with van der Waals surface area (Å²) < 4.78 is 68.4. The highest BCUT2D eigenvalue weighted by molar-refractivity contribution is 6.03. The van der Waals surface area contributed by atoms with E-state index in [1.54, 1.807) is 4.90 Å². The van der Waals surface area contributed by atoms with E-state index in [0.29, 0.717) is 5.39 Å². The molecule has 0 bridgehead atoms. The standard InChI is InChI=1S/C36H34F4N6O3/c1-3-23-26(37)9-8-21-16-22(47)17-24(29(21)23)31-30(38)32-25(18-41-31)33(45-13-7-12-36(39,40)27(19-45)42-28(48)4-2)44-34(43-32)49-20-35-10-5-14-46(35)15-6-11-35/h1,4,8-9,16-18,27,47H,2,5-7,10-15,19-20H2,(H,42,48)/t27-/m1/s1. The van der Waals surface area contributed by atoms with Crippen LogP contribution in [0.4, 0.5) is 23.4 Å². The molecule has 9 nitrogen and oxygen atoms in total. The monoisotopic (exact) mass is 674 g/mol. The molecule has 2 N–H and O–H groups in total. The van der Waals surface area contributed by atoms with Gasteiger partial charge in [-0.05, 0) is 74.9 Å². The number of ether oxygens (including phenoxy) is 1. The van der Waals surface area contributed by atoms with Gasteiger partial charge in [0, 0.05) is 36.7 Å². The lowest BCUT2D eigenvalue weighted by atomic mass is 9.95. The number of hydrogen-bond donors (Lipinski definition) is 2. The molecule has 3 saturated heterocycles. The Labute approximate surface area is 280 Å². The van der Waals surface area contributed by atoms with Crippen molar-refractivity contribution in [3.05, 3.63) is 60.3 Å². The highest BCUT2D eigenvalue weighted by atomic mass is 19.3. The Hall–Kier alpha value is -4.96. The Morgan fingerprint density at radius 2 is 1.90 bits per heavy atom. The molecule has 13 heteroatoms. The SMILES string of the molecule is C#Cc1c(F)ccc2cc(O)cc(-c3ncc4c(N5CCCC(F)(F)[C@H](NC(=O)C=C)C5)nc(OCC56CCCN5CCC6)nc4c3F)c12. The Kier molecular flexibility index (Phi) is 8.30. The van der Waals surface area contributed by atoms with Crippen LogP contribution in [-0.4, -0.2) is 81.2 Å². The smallest absolute Gasteiger partial charge is 0.319 e. The minimum absolute atomic E-state index is 0.0394. The van der Waals surface area contributed by atoms with Crippen molar-refractivity contribution in [1.82, 2.24) is 25.2 Å². The van der Waals surface area contributed by atoms with Gasteiger partial charge in [-0.25, -0.2) is 17.6 Å². The number of benzene rings is 2. The highest BCUT2D eigenvalue weighted by Gasteiger charge is 2.46. The number of phenolic OH excluding ortho intramolecular Hbond substituents is 1. The second kappa shape index (κ2) is 12.5. The van der Waals surface area contributed by atoms with Crippen LogP contribution in [0.15, 0.2) is 43.1 Å². The number of pyridine rings is 1. The van der Waals surface area contributed by atoms with Crippen molar-refractivity contribution in [3.8, 4) is 35.4 Å². The molecule has 0 spiro atoms. The van der Waals surface area contributed by atoms with Crippen molar-refractivity contribution in [2.45, 2.75) is 56.0 Å². The maximum atomic E-state index is 16.9. The fourth-order valence-electron chi connectivity index (χ4n) is 7.63. The van der Waals surface area contributed by atoms with Crippen molar-refractivity contribution in [1.29, 1.82) is 0 Å². The fourth-order valence-corrected chi connectivity index (χ4v) is 7.63. The molecule has 1 amide bonds. The molecule has 254 valence electrons. The third-order valence-corrected chi connectivity index (χ3v) is 10.0. The number of nitrogens with zero attached hydrogens (tertiary/aromatic N) is 5. The van der Waals surface area contributed by atoms with E-state index < -0.39 is 35.9 Å². The predicted octanol–water partition coefficient (Wildman–Crippen LogP) is 5.72. The number of terminal acetylenes is 1. The van der Waals surface area contributed by atoms with Crippen LogP contribution in [0.3, 0.4) is 0 Å². The van der Waals surface area contributed by atoms with Gasteiger partial charge in [0.1, 0.15) is 41.2 Å². The fraction of sp³-hybridized carbons (Fsp3) is 0.389. The maximum Gasteiger partial charge on any atom is 0.319 e. The van der Waals surface area contributed by atoms with E-state index in [1.165, 1.54) is 30.5 Å². The quantitative estimate of drug-likeness (QED) is 0.146. The zero-order valence-electron chi connectivity index (χ0n) is 26.6. The van der Waals surface area contributed by atoms with Crippen LogP contribution in [-0.2, 0) is 4.79 Å². The van der Waals surface area contributed by atoms with Crippen molar-refractivity contribution in [2.75, 3.05) is 37.7 Å². The first kappa shape index (κ1) is 32.6. The average Bonchev–Trinajstić information content (AvgIpc) is 3.63. The van der Waals surface area contributed by atoms with Crippen LogP contribution in [0, 0.1) is 24.0 Å². The minimum Gasteiger partial charge on any atom is -0.508 e. The molecule has 49 heavy (non-hydrogen) atoms. The highest BCUT2D eigenvalue weighted by Crippen LogP contribution is 2.41. The van der Waals surface area contributed by atoms with E-state index >= 15 is 13.2 Å². The molecule has 0 saturated carbocycles. The van der Waals surface area contributed by atoms with Crippen molar-refractivity contribution in [2.24, 2.45) is 0 Å². The molecule has 4 aromatic rings. The van der Waals surface area contributed by atoms with E-state index in [4.69, 9.17) is 11.2 Å². The Morgan fingerprint density at radius 3 is 2.63 bits per heavy atom. The lowest BCUT2D eigenvalue weighted by Gasteiger charge is -2.32. The van der Waals surface area contributed by atoms with Gasteiger partial charge in [0.15, 0.2) is 5.82 Å². The largest absolute Gasteiger partial charge is 0.508 e. The second-order valence-corrected chi connectivity index (χ2v) is 13.0. The predicted molar refractivity (Wildman–Crippen MR) is 177 cm³/mol. The second-order valence-electron chi connectivity index (χ2n) is 13.0.